The van der Waals surface area contributed by atoms with Gasteiger partial charge in [0.05, 0.1) is 5.84 Å². The quantitative estimate of drug-likeness (QED) is 0.558. The van der Waals surface area contributed by atoms with Crippen LogP contribution in [0.3, 0.4) is 0 Å². The molecule has 16 heavy (non-hydrogen) atoms. The van der Waals surface area contributed by atoms with Gasteiger partial charge in [-0.1, -0.05) is 6.92 Å². The van der Waals surface area contributed by atoms with Gasteiger partial charge < -0.3 is 15.5 Å². The Morgan fingerprint density at radius 3 is 2.88 bits per heavy atom. The lowest BCUT2D eigenvalue weighted by Gasteiger charge is -2.34. The van der Waals surface area contributed by atoms with Crippen molar-refractivity contribution >= 4 is 11.9 Å². The number of hydrogen-bond acceptors (Lipinski definition) is 2. The average molecular weight is 226 g/mol. The van der Waals surface area contributed by atoms with Crippen LogP contribution in [-0.4, -0.2) is 48.3 Å². The molecule has 0 aromatic rings. The minimum absolute atomic E-state index is 0.0628. The highest BCUT2D eigenvalue weighted by molar-refractivity contribution is 5.78. The number of nitrogens with two attached hydrogens (primary N) is 1. The second-order valence-corrected chi connectivity index (χ2v) is 4.67. The van der Waals surface area contributed by atoms with Gasteiger partial charge in [-0.25, -0.2) is 4.79 Å². The van der Waals surface area contributed by atoms with Crippen molar-refractivity contribution in [2.75, 3.05) is 26.7 Å². The second kappa shape index (κ2) is 5.72. The zero-order chi connectivity index (χ0) is 12.1. The molecule has 1 unspecified atom stereocenters. The van der Waals surface area contributed by atoms with Crippen molar-refractivity contribution in [1.82, 2.24) is 9.80 Å². The highest BCUT2D eigenvalue weighted by atomic mass is 16.2. The summed E-state index contributed by atoms with van der Waals surface area (Å²) in [7, 11) is 1.77. The van der Waals surface area contributed by atoms with Crippen molar-refractivity contribution in [3.63, 3.8) is 0 Å². The number of nitrogens with zero attached hydrogens (tertiary/aromatic N) is 2. The number of amidine groups is 1. The van der Waals surface area contributed by atoms with Gasteiger partial charge in [-0.3, -0.25) is 5.41 Å². The fourth-order valence-corrected chi connectivity index (χ4v) is 1.99. The molecule has 1 heterocycles. The maximum atomic E-state index is 12.0. The van der Waals surface area contributed by atoms with Crippen LogP contribution in [0.2, 0.25) is 0 Å². The number of likely N-dealkylation sites (tertiary alicyclic amines) is 1. The first-order valence-electron chi connectivity index (χ1n) is 5.83. The molecular formula is C11H22N4O. The van der Waals surface area contributed by atoms with Crippen LogP contribution in [0.15, 0.2) is 0 Å². The summed E-state index contributed by atoms with van der Waals surface area (Å²) in [4.78, 5) is 15.5. The first kappa shape index (κ1) is 12.8. The van der Waals surface area contributed by atoms with Crippen LogP contribution in [0, 0.1) is 11.3 Å². The molecule has 0 spiro atoms. The van der Waals surface area contributed by atoms with Gasteiger partial charge in [0, 0.05) is 33.1 Å². The molecule has 92 valence electrons. The van der Waals surface area contributed by atoms with E-state index in [0.29, 0.717) is 18.9 Å². The summed E-state index contributed by atoms with van der Waals surface area (Å²) in [5, 5.41) is 7.13. The van der Waals surface area contributed by atoms with Crippen molar-refractivity contribution < 1.29 is 4.79 Å². The Bertz CT molecular complexity index is 267. The molecule has 2 amide bonds. The first-order chi connectivity index (χ1) is 7.50. The van der Waals surface area contributed by atoms with Crippen molar-refractivity contribution in [2.45, 2.75) is 26.2 Å². The van der Waals surface area contributed by atoms with Gasteiger partial charge in [0.25, 0.3) is 0 Å². The summed E-state index contributed by atoms with van der Waals surface area (Å²) in [6.07, 6.45) is 2.75. The summed E-state index contributed by atoms with van der Waals surface area (Å²) in [6, 6.07) is 0.0628. The first-order valence-corrected chi connectivity index (χ1v) is 5.83. The summed E-state index contributed by atoms with van der Waals surface area (Å²) in [6.45, 7) is 4.41. The third kappa shape index (κ3) is 3.72. The van der Waals surface area contributed by atoms with Crippen LogP contribution >= 0.6 is 0 Å². The molecule has 3 N–H and O–H groups in total. The number of nitrogens with one attached hydrogen (secondary N) is 1. The Morgan fingerprint density at radius 2 is 2.31 bits per heavy atom. The summed E-state index contributed by atoms with van der Waals surface area (Å²) in [5.41, 5.74) is 5.27. The Kier molecular flexibility index (Phi) is 4.58. The summed E-state index contributed by atoms with van der Waals surface area (Å²) >= 11 is 0. The van der Waals surface area contributed by atoms with Crippen LogP contribution in [0.4, 0.5) is 4.79 Å². The largest absolute Gasteiger partial charge is 0.388 e. The molecule has 1 fully saturated rings. The topological polar surface area (TPSA) is 73.4 Å². The van der Waals surface area contributed by atoms with Crippen LogP contribution in [0.25, 0.3) is 0 Å². The maximum Gasteiger partial charge on any atom is 0.319 e. The van der Waals surface area contributed by atoms with Crippen LogP contribution in [-0.2, 0) is 0 Å². The monoisotopic (exact) mass is 226 g/mol. The van der Waals surface area contributed by atoms with Crippen LogP contribution in [0.5, 0.6) is 0 Å². The normalized spacial score (nSPS) is 20.6. The minimum atomic E-state index is 0.0628. The molecule has 5 nitrogen and oxygen atoms in total. The lowest BCUT2D eigenvalue weighted by molar-refractivity contribution is 0.140. The molecule has 0 aromatic heterocycles. The van der Waals surface area contributed by atoms with E-state index in [1.54, 1.807) is 11.9 Å². The summed E-state index contributed by atoms with van der Waals surface area (Å²) in [5.74, 6) is 0.727. The molecule has 5 heteroatoms. The van der Waals surface area contributed by atoms with Gasteiger partial charge in [0.1, 0.15) is 0 Å². The van der Waals surface area contributed by atoms with Gasteiger partial charge in [0.15, 0.2) is 0 Å². The second-order valence-electron chi connectivity index (χ2n) is 4.67. The van der Waals surface area contributed by atoms with E-state index in [-0.39, 0.29) is 11.9 Å². The van der Waals surface area contributed by atoms with Crippen molar-refractivity contribution in [1.29, 1.82) is 5.41 Å². The van der Waals surface area contributed by atoms with Crippen LogP contribution < -0.4 is 5.73 Å². The molecule has 0 saturated carbocycles. The molecule has 1 aliphatic heterocycles. The molecule has 1 atom stereocenters. The average Bonchev–Trinajstić information content (AvgIpc) is 2.24. The predicted octanol–water partition coefficient (Wildman–Crippen LogP) is 1.10. The van der Waals surface area contributed by atoms with Gasteiger partial charge in [-0.15, -0.1) is 0 Å². The van der Waals surface area contributed by atoms with E-state index < -0.39 is 0 Å². The molecule has 0 bridgehead atoms. The zero-order valence-electron chi connectivity index (χ0n) is 10.2. The van der Waals surface area contributed by atoms with E-state index in [1.807, 2.05) is 4.90 Å². The number of urea groups is 1. The van der Waals surface area contributed by atoms with E-state index in [1.165, 1.54) is 6.42 Å². The lowest BCUT2D eigenvalue weighted by atomic mass is 10.0. The van der Waals surface area contributed by atoms with Gasteiger partial charge in [-0.2, -0.15) is 0 Å². The number of rotatable bonds is 3. The number of hydrogen-bond donors (Lipinski definition) is 2. The molecule has 1 aliphatic rings. The number of carbonyl (C=O) groups excluding carboxylic acids is 1. The van der Waals surface area contributed by atoms with Gasteiger partial charge in [-0.05, 0) is 18.8 Å². The van der Waals surface area contributed by atoms with Gasteiger partial charge >= 0.3 is 6.03 Å². The Hall–Kier alpha value is -1.26. The number of amides is 2. The third-order valence-corrected chi connectivity index (χ3v) is 2.97. The lowest BCUT2D eigenvalue weighted by Crippen LogP contribution is -2.46. The molecule has 0 aromatic carbocycles. The molecule has 1 rings (SSSR count). The minimum Gasteiger partial charge on any atom is -0.388 e. The molecular weight excluding hydrogens is 204 g/mol. The fourth-order valence-electron chi connectivity index (χ4n) is 1.99. The van der Waals surface area contributed by atoms with E-state index in [0.717, 1.165) is 19.5 Å². The zero-order valence-corrected chi connectivity index (χ0v) is 10.2. The van der Waals surface area contributed by atoms with Gasteiger partial charge in [0.2, 0.25) is 0 Å². The van der Waals surface area contributed by atoms with E-state index in [2.05, 4.69) is 6.92 Å². The SMILES string of the molecule is CC1CCCN(C(=O)N(C)CCC(=N)N)C1. The number of piperidine rings is 1. The Balaban J connectivity index is 2.40. The summed E-state index contributed by atoms with van der Waals surface area (Å²) < 4.78 is 0. The highest BCUT2D eigenvalue weighted by Crippen LogP contribution is 2.16. The molecule has 0 radical (unpaired) electrons. The standard InChI is InChI=1S/C11H22N4O/c1-9-4-3-6-15(8-9)11(16)14(2)7-5-10(12)13/h9H,3-8H2,1-2H3,(H3,12,13). The van der Waals surface area contributed by atoms with E-state index >= 15 is 0 Å². The van der Waals surface area contributed by atoms with Crippen LogP contribution in [0.1, 0.15) is 26.2 Å². The Labute approximate surface area is 97.1 Å². The van der Waals surface area contributed by atoms with E-state index in [4.69, 9.17) is 11.1 Å². The molecule has 0 aliphatic carbocycles. The maximum absolute atomic E-state index is 12.0. The predicted molar refractivity (Wildman–Crippen MR) is 64.5 cm³/mol. The Morgan fingerprint density at radius 1 is 1.62 bits per heavy atom. The van der Waals surface area contributed by atoms with Crippen molar-refractivity contribution in [3.8, 4) is 0 Å². The highest BCUT2D eigenvalue weighted by Gasteiger charge is 2.23. The number of carbonyl (C=O) groups is 1. The fraction of sp³-hybridized carbons (Fsp3) is 0.818. The van der Waals surface area contributed by atoms with E-state index in [9.17, 15) is 4.79 Å². The van der Waals surface area contributed by atoms with Crippen molar-refractivity contribution in [3.05, 3.63) is 0 Å². The van der Waals surface area contributed by atoms with Crippen molar-refractivity contribution in [2.24, 2.45) is 11.7 Å². The third-order valence-electron chi connectivity index (χ3n) is 2.97. The molecule has 1 saturated heterocycles. The smallest absolute Gasteiger partial charge is 0.319 e.